The Bertz CT molecular complexity index is 241. The lowest BCUT2D eigenvalue weighted by molar-refractivity contribution is -0.130. The van der Waals surface area contributed by atoms with Crippen LogP contribution in [0.1, 0.15) is 34.1 Å². The predicted octanol–water partition coefficient (Wildman–Crippen LogP) is -0.506. The minimum atomic E-state index is -1.03. The quantitative estimate of drug-likeness (QED) is 0.571. The van der Waals surface area contributed by atoms with Crippen molar-refractivity contribution in [2.45, 2.75) is 45.2 Å². The number of carbonyl (C=O) groups is 2. The first-order valence-electron chi connectivity index (χ1n) is 4.44. The molecule has 5 nitrogen and oxygen atoms in total. The SMILES string of the molecule is CC(C)(N)CC(=O)NC(C)(C)C(N)=O. The molecule has 0 spiro atoms. The van der Waals surface area contributed by atoms with Crippen LogP contribution in [0.4, 0.5) is 0 Å². The van der Waals surface area contributed by atoms with E-state index < -0.39 is 17.0 Å². The van der Waals surface area contributed by atoms with Gasteiger partial charge in [-0.15, -0.1) is 0 Å². The van der Waals surface area contributed by atoms with Crippen LogP contribution in [-0.4, -0.2) is 22.9 Å². The summed E-state index contributed by atoms with van der Waals surface area (Å²) < 4.78 is 0. The zero-order valence-electron chi connectivity index (χ0n) is 9.18. The number of nitrogens with two attached hydrogens (primary N) is 2. The second-order valence-electron chi connectivity index (χ2n) is 4.70. The Kier molecular flexibility index (Phi) is 3.65. The largest absolute Gasteiger partial charge is 0.368 e. The molecule has 2 amide bonds. The van der Waals surface area contributed by atoms with E-state index >= 15 is 0 Å². The normalized spacial score (nSPS) is 12.4. The number of hydrogen-bond donors (Lipinski definition) is 3. The first-order valence-corrected chi connectivity index (χ1v) is 4.44. The van der Waals surface area contributed by atoms with Crippen molar-refractivity contribution in [1.82, 2.24) is 5.32 Å². The van der Waals surface area contributed by atoms with Crippen molar-refractivity contribution in [1.29, 1.82) is 0 Å². The number of primary amides is 1. The lowest BCUT2D eigenvalue weighted by Gasteiger charge is -2.25. The highest BCUT2D eigenvalue weighted by Crippen LogP contribution is 2.06. The van der Waals surface area contributed by atoms with Gasteiger partial charge in [-0.25, -0.2) is 0 Å². The molecule has 0 fully saturated rings. The Balaban J connectivity index is 4.27. The molecule has 0 aliphatic rings. The zero-order chi connectivity index (χ0) is 11.6. The van der Waals surface area contributed by atoms with Gasteiger partial charge in [0.25, 0.3) is 0 Å². The molecule has 0 aromatic rings. The maximum Gasteiger partial charge on any atom is 0.242 e. The van der Waals surface area contributed by atoms with Crippen LogP contribution in [0.5, 0.6) is 0 Å². The summed E-state index contributed by atoms with van der Waals surface area (Å²) >= 11 is 0. The lowest BCUT2D eigenvalue weighted by Crippen LogP contribution is -2.54. The summed E-state index contributed by atoms with van der Waals surface area (Å²) in [5, 5.41) is 2.52. The van der Waals surface area contributed by atoms with E-state index in [-0.39, 0.29) is 12.3 Å². The number of hydrogen-bond acceptors (Lipinski definition) is 3. The van der Waals surface area contributed by atoms with Gasteiger partial charge in [0.05, 0.1) is 0 Å². The van der Waals surface area contributed by atoms with Gasteiger partial charge in [-0.1, -0.05) is 0 Å². The van der Waals surface area contributed by atoms with Crippen molar-refractivity contribution < 1.29 is 9.59 Å². The van der Waals surface area contributed by atoms with E-state index in [1.807, 2.05) is 0 Å². The van der Waals surface area contributed by atoms with E-state index in [2.05, 4.69) is 5.32 Å². The molecular weight excluding hydrogens is 182 g/mol. The average Bonchev–Trinajstić information content (AvgIpc) is 1.79. The summed E-state index contributed by atoms with van der Waals surface area (Å²) in [6.07, 6.45) is 0.156. The Morgan fingerprint density at radius 3 is 1.93 bits per heavy atom. The van der Waals surface area contributed by atoms with E-state index in [4.69, 9.17) is 11.5 Å². The third-order valence-corrected chi connectivity index (χ3v) is 1.68. The smallest absolute Gasteiger partial charge is 0.242 e. The van der Waals surface area contributed by atoms with E-state index in [0.29, 0.717) is 0 Å². The van der Waals surface area contributed by atoms with Crippen LogP contribution in [0.25, 0.3) is 0 Å². The van der Waals surface area contributed by atoms with Crippen LogP contribution in [0.15, 0.2) is 0 Å². The van der Waals surface area contributed by atoms with Crippen LogP contribution >= 0.6 is 0 Å². The fourth-order valence-corrected chi connectivity index (χ4v) is 0.868. The van der Waals surface area contributed by atoms with E-state index in [0.717, 1.165) is 0 Å². The van der Waals surface area contributed by atoms with Crippen LogP contribution in [0.2, 0.25) is 0 Å². The van der Waals surface area contributed by atoms with Gasteiger partial charge in [0.15, 0.2) is 0 Å². The highest BCUT2D eigenvalue weighted by molar-refractivity contribution is 5.89. The third-order valence-electron chi connectivity index (χ3n) is 1.68. The molecule has 82 valence electrons. The molecule has 0 saturated carbocycles. The molecular formula is C9H19N3O2. The topological polar surface area (TPSA) is 98.2 Å². The minimum absolute atomic E-state index is 0.156. The molecule has 0 aliphatic heterocycles. The summed E-state index contributed by atoms with van der Waals surface area (Å²) in [4.78, 5) is 22.3. The van der Waals surface area contributed by atoms with E-state index in [9.17, 15) is 9.59 Å². The molecule has 0 bridgehead atoms. The maximum absolute atomic E-state index is 11.4. The van der Waals surface area contributed by atoms with Gasteiger partial charge in [0, 0.05) is 12.0 Å². The first kappa shape index (κ1) is 12.9. The number of carbonyl (C=O) groups excluding carboxylic acids is 2. The minimum Gasteiger partial charge on any atom is -0.368 e. The third kappa shape index (κ3) is 4.81. The standard InChI is InChI=1S/C9H19N3O2/c1-8(2,11)5-6(13)12-9(3,4)7(10)14/h5,11H2,1-4H3,(H2,10,14)(H,12,13). The van der Waals surface area contributed by atoms with E-state index in [1.165, 1.54) is 0 Å². The molecule has 0 aliphatic carbocycles. The number of rotatable bonds is 4. The average molecular weight is 201 g/mol. The summed E-state index contributed by atoms with van der Waals surface area (Å²) in [5.41, 5.74) is 9.14. The monoisotopic (exact) mass is 201 g/mol. The van der Waals surface area contributed by atoms with Gasteiger partial charge in [0.2, 0.25) is 11.8 Å². The van der Waals surface area contributed by atoms with Crippen molar-refractivity contribution in [3.05, 3.63) is 0 Å². The van der Waals surface area contributed by atoms with Gasteiger partial charge in [-0.3, -0.25) is 9.59 Å². The lowest BCUT2D eigenvalue weighted by atomic mass is 9.99. The highest BCUT2D eigenvalue weighted by Gasteiger charge is 2.28. The molecule has 0 radical (unpaired) electrons. The highest BCUT2D eigenvalue weighted by atomic mass is 16.2. The fraction of sp³-hybridized carbons (Fsp3) is 0.778. The maximum atomic E-state index is 11.4. The Labute approximate surface area is 84.2 Å². The molecule has 0 rings (SSSR count). The van der Waals surface area contributed by atoms with Crippen molar-refractivity contribution in [3.8, 4) is 0 Å². The zero-order valence-corrected chi connectivity index (χ0v) is 9.18. The Hall–Kier alpha value is -1.10. The second-order valence-corrected chi connectivity index (χ2v) is 4.70. The molecule has 0 aromatic carbocycles. The van der Waals surface area contributed by atoms with E-state index in [1.54, 1.807) is 27.7 Å². The molecule has 5 heteroatoms. The molecule has 14 heavy (non-hydrogen) atoms. The molecule has 0 aromatic heterocycles. The van der Waals surface area contributed by atoms with Crippen molar-refractivity contribution in [3.63, 3.8) is 0 Å². The molecule has 0 saturated heterocycles. The van der Waals surface area contributed by atoms with Crippen LogP contribution in [0, 0.1) is 0 Å². The summed E-state index contributed by atoms with van der Waals surface area (Å²) in [7, 11) is 0. The molecule has 0 heterocycles. The molecule has 0 unspecified atom stereocenters. The van der Waals surface area contributed by atoms with Crippen LogP contribution in [0.3, 0.4) is 0 Å². The van der Waals surface area contributed by atoms with Gasteiger partial charge in [-0.2, -0.15) is 0 Å². The number of nitrogens with one attached hydrogen (secondary N) is 1. The Morgan fingerprint density at radius 2 is 1.64 bits per heavy atom. The van der Waals surface area contributed by atoms with Crippen molar-refractivity contribution in [2.75, 3.05) is 0 Å². The van der Waals surface area contributed by atoms with Crippen LogP contribution in [-0.2, 0) is 9.59 Å². The first-order chi connectivity index (χ1) is 6.04. The summed E-state index contributed by atoms with van der Waals surface area (Å²) in [5.74, 6) is -0.845. The summed E-state index contributed by atoms with van der Waals surface area (Å²) in [6.45, 7) is 6.58. The van der Waals surface area contributed by atoms with Crippen molar-refractivity contribution in [2.24, 2.45) is 11.5 Å². The van der Waals surface area contributed by atoms with Crippen LogP contribution < -0.4 is 16.8 Å². The van der Waals surface area contributed by atoms with Gasteiger partial charge < -0.3 is 16.8 Å². The second kappa shape index (κ2) is 3.96. The van der Waals surface area contributed by atoms with Gasteiger partial charge in [-0.05, 0) is 27.7 Å². The van der Waals surface area contributed by atoms with Gasteiger partial charge in [0.1, 0.15) is 5.54 Å². The molecule has 0 atom stereocenters. The molecule has 5 N–H and O–H groups in total. The van der Waals surface area contributed by atoms with Gasteiger partial charge >= 0.3 is 0 Å². The fourth-order valence-electron chi connectivity index (χ4n) is 0.868. The van der Waals surface area contributed by atoms with Crippen molar-refractivity contribution >= 4 is 11.8 Å². The Morgan fingerprint density at radius 1 is 1.21 bits per heavy atom. The summed E-state index contributed by atoms with van der Waals surface area (Å²) in [6, 6.07) is 0. The predicted molar refractivity (Wildman–Crippen MR) is 54.3 cm³/mol. The number of amides is 2.